The summed E-state index contributed by atoms with van der Waals surface area (Å²) in [7, 11) is 1.36. The van der Waals surface area contributed by atoms with Gasteiger partial charge in [0.1, 0.15) is 12.4 Å². The summed E-state index contributed by atoms with van der Waals surface area (Å²) in [4.78, 5) is 15.3. The van der Waals surface area contributed by atoms with Crippen molar-refractivity contribution in [3.63, 3.8) is 0 Å². The van der Waals surface area contributed by atoms with Crippen molar-refractivity contribution in [2.45, 2.75) is 6.61 Å². The molecule has 2 rings (SSSR count). The van der Waals surface area contributed by atoms with Gasteiger partial charge in [0.2, 0.25) is 0 Å². The number of ether oxygens (including phenoxy) is 2. The molecule has 0 radical (unpaired) electrons. The molecule has 1 aromatic carbocycles. The van der Waals surface area contributed by atoms with Crippen LogP contribution >= 0.6 is 15.9 Å². The molecular weight excluding hydrogens is 310 g/mol. The summed E-state index contributed by atoms with van der Waals surface area (Å²) >= 11 is 3.41. The molecule has 0 atom stereocenters. The number of carbonyl (C=O) groups is 1. The molecule has 4 nitrogen and oxygen atoms in total. The Hall–Kier alpha value is -1.88. The summed E-state index contributed by atoms with van der Waals surface area (Å²) in [5.74, 6) is 0.340. The number of benzene rings is 1. The predicted molar refractivity (Wildman–Crippen MR) is 74.1 cm³/mol. The summed E-state index contributed by atoms with van der Waals surface area (Å²) in [5.41, 5.74) is 1.44. The molecule has 19 heavy (non-hydrogen) atoms. The van der Waals surface area contributed by atoms with Crippen LogP contribution in [-0.4, -0.2) is 18.1 Å². The Morgan fingerprint density at radius 1 is 1.37 bits per heavy atom. The molecule has 0 N–H and O–H groups in total. The zero-order valence-corrected chi connectivity index (χ0v) is 11.9. The fraction of sp³-hybridized carbons (Fsp3) is 0.143. The van der Waals surface area contributed by atoms with Gasteiger partial charge in [-0.15, -0.1) is 0 Å². The van der Waals surface area contributed by atoms with Gasteiger partial charge in [0.05, 0.1) is 18.9 Å². The molecule has 1 aromatic heterocycles. The van der Waals surface area contributed by atoms with Crippen LogP contribution in [0.15, 0.2) is 47.2 Å². The second kappa shape index (κ2) is 6.33. The van der Waals surface area contributed by atoms with E-state index in [0.29, 0.717) is 17.9 Å². The lowest BCUT2D eigenvalue weighted by atomic mass is 10.1. The van der Waals surface area contributed by atoms with Gasteiger partial charge >= 0.3 is 5.97 Å². The molecular formula is C14H12BrNO3. The Bertz CT molecular complexity index is 572. The highest BCUT2D eigenvalue weighted by Crippen LogP contribution is 2.21. The fourth-order valence-electron chi connectivity index (χ4n) is 1.50. The molecule has 1 heterocycles. The molecule has 0 spiro atoms. The van der Waals surface area contributed by atoms with Crippen LogP contribution in [0.3, 0.4) is 0 Å². The van der Waals surface area contributed by atoms with Crippen LogP contribution in [0.2, 0.25) is 0 Å². The third kappa shape index (κ3) is 3.54. The average Bonchev–Trinajstić information content (AvgIpc) is 2.46. The largest absolute Gasteiger partial charge is 0.487 e. The smallest absolute Gasteiger partial charge is 0.337 e. The monoisotopic (exact) mass is 321 g/mol. The first-order valence-corrected chi connectivity index (χ1v) is 6.39. The Balaban J connectivity index is 2.07. The maximum Gasteiger partial charge on any atom is 0.337 e. The quantitative estimate of drug-likeness (QED) is 0.811. The van der Waals surface area contributed by atoms with Gasteiger partial charge in [-0.3, -0.25) is 4.98 Å². The van der Waals surface area contributed by atoms with Crippen molar-refractivity contribution in [2.75, 3.05) is 7.11 Å². The van der Waals surface area contributed by atoms with Crippen molar-refractivity contribution in [1.29, 1.82) is 0 Å². The molecule has 5 heteroatoms. The fourth-order valence-corrected chi connectivity index (χ4v) is 2.00. The van der Waals surface area contributed by atoms with Crippen molar-refractivity contribution in [1.82, 2.24) is 4.98 Å². The first-order chi connectivity index (χ1) is 9.20. The minimum absolute atomic E-state index is 0.361. The first kappa shape index (κ1) is 13.5. The van der Waals surface area contributed by atoms with Crippen LogP contribution in [0.25, 0.3) is 0 Å². The molecule has 2 aromatic rings. The number of aromatic nitrogens is 1. The number of hydrogen-bond donors (Lipinski definition) is 0. The Kier molecular flexibility index (Phi) is 4.52. The second-order valence-electron chi connectivity index (χ2n) is 3.78. The Morgan fingerprint density at radius 3 is 2.84 bits per heavy atom. The number of nitrogens with zero attached hydrogens (tertiary/aromatic N) is 1. The van der Waals surface area contributed by atoms with E-state index < -0.39 is 0 Å². The van der Waals surface area contributed by atoms with Gasteiger partial charge < -0.3 is 9.47 Å². The molecule has 0 aliphatic carbocycles. The lowest BCUT2D eigenvalue weighted by Gasteiger charge is -2.08. The zero-order chi connectivity index (χ0) is 13.7. The standard InChI is InChI=1S/C14H12BrNO3/c1-18-14(17)10-4-5-11(13(15)7-10)9-19-12-3-2-6-16-8-12/h2-8H,9H2,1H3. The number of halogens is 1. The second-order valence-corrected chi connectivity index (χ2v) is 4.63. The van der Waals surface area contributed by atoms with E-state index in [-0.39, 0.29) is 5.97 Å². The predicted octanol–water partition coefficient (Wildman–Crippen LogP) is 3.21. The molecule has 0 saturated heterocycles. The minimum Gasteiger partial charge on any atom is -0.487 e. The van der Waals surface area contributed by atoms with Gasteiger partial charge in [-0.25, -0.2) is 4.79 Å². The maximum absolute atomic E-state index is 11.4. The molecule has 0 aliphatic heterocycles. The number of esters is 1. The number of pyridine rings is 1. The van der Waals surface area contributed by atoms with Gasteiger partial charge in [-0.05, 0) is 24.3 Å². The highest BCUT2D eigenvalue weighted by atomic mass is 79.9. The number of rotatable bonds is 4. The SMILES string of the molecule is COC(=O)c1ccc(COc2cccnc2)c(Br)c1. The molecule has 0 unspecified atom stereocenters. The molecule has 0 amide bonds. The highest BCUT2D eigenvalue weighted by Gasteiger charge is 2.08. The van der Waals surface area contributed by atoms with Crippen LogP contribution < -0.4 is 4.74 Å². The number of carbonyl (C=O) groups excluding carboxylic acids is 1. The Morgan fingerprint density at radius 2 is 2.21 bits per heavy atom. The van der Waals surface area contributed by atoms with Gasteiger partial charge in [0.25, 0.3) is 0 Å². The summed E-state index contributed by atoms with van der Waals surface area (Å²) in [6.45, 7) is 0.397. The van der Waals surface area contributed by atoms with Gasteiger partial charge in [0, 0.05) is 16.2 Å². The summed E-state index contributed by atoms with van der Waals surface area (Å²) in [6, 6.07) is 8.90. The van der Waals surface area contributed by atoms with Crippen molar-refractivity contribution in [2.24, 2.45) is 0 Å². The van der Waals surface area contributed by atoms with Crippen LogP contribution in [0, 0.1) is 0 Å². The van der Waals surface area contributed by atoms with E-state index in [1.165, 1.54) is 7.11 Å². The van der Waals surface area contributed by atoms with Crippen molar-refractivity contribution in [3.05, 3.63) is 58.3 Å². The van der Waals surface area contributed by atoms with E-state index in [9.17, 15) is 4.79 Å². The molecule has 0 saturated carbocycles. The zero-order valence-electron chi connectivity index (χ0n) is 10.3. The average molecular weight is 322 g/mol. The molecule has 0 fully saturated rings. The van der Waals surface area contributed by atoms with E-state index in [4.69, 9.17) is 4.74 Å². The van der Waals surface area contributed by atoms with Gasteiger partial charge in [-0.2, -0.15) is 0 Å². The van der Waals surface area contributed by atoms with Crippen LogP contribution in [0.5, 0.6) is 5.75 Å². The van der Waals surface area contributed by atoms with Crippen molar-refractivity contribution < 1.29 is 14.3 Å². The minimum atomic E-state index is -0.361. The van der Waals surface area contributed by atoms with E-state index in [1.807, 2.05) is 18.2 Å². The highest BCUT2D eigenvalue weighted by molar-refractivity contribution is 9.10. The molecule has 0 bridgehead atoms. The summed E-state index contributed by atoms with van der Waals surface area (Å²) in [5, 5.41) is 0. The first-order valence-electron chi connectivity index (χ1n) is 5.60. The van der Waals surface area contributed by atoms with Gasteiger partial charge in [0.15, 0.2) is 0 Å². The van der Waals surface area contributed by atoms with E-state index in [1.54, 1.807) is 24.5 Å². The van der Waals surface area contributed by atoms with Gasteiger partial charge in [-0.1, -0.05) is 22.0 Å². The normalized spacial score (nSPS) is 10.0. The van der Waals surface area contributed by atoms with Crippen molar-refractivity contribution >= 4 is 21.9 Å². The third-order valence-electron chi connectivity index (χ3n) is 2.50. The Labute approximate surface area is 119 Å². The topological polar surface area (TPSA) is 48.4 Å². The number of hydrogen-bond acceptors (Lipinski definition) is 4. The van der Waals surface area contributed by atoms with E-state index in [2.05, 4.69) is 25.7 Å². The number of methoxy groups -OCH3 is 1. The molecule has 0 aliphatic rings. The lowest BCUT2D eigenvalue weighted by Crippen LogP contribution is -2.03. The summed E-state index contributed by atoms with van der Waals surface area (Å²) in [6.07, 6.45) is 3.34. The third-order valence-corrected chi connectivity index (χ3v) is 3.24. The molecule has 98 valence electrons. The lowest BCUT2D eigenvalue weighted by molar-refractivity contribution is 0.0600. The van der Waals surface area contributed by atoms with E-state index in [0.717, 1.165) is 10.0 Å². The van der Waals surface area contributed by atoms with E-state index >= 15 is 0 Å². The maximum atomic E-state index is 11.4. The van der Waals surface area contributed by atoms with Crippen LogP contribution in [0.1, 0.15) is 15.9 Å². The summed E-state index contributed by atoms with van der Waals surface area (Å²) < 4.78 is 11.1. The van der Waals surface area contributed by atoms with Crippen LogP contribution in [-0.2, 0) is 11.3 Å². The van der Waals surface area contributed by atoms with Crippen LogP contribution in [0.4, 0.5) is 0 Å². The van der Waals surface area contributed by atoms with Crippen molar-refractivity contribution in [3.8, 4) is 5.75 Å².